The second kappa shape index (κ2) is 6.82. The highest BCUT2D eigenvalue weighted by atomic mass is 127. The van der Waals surface area contributed by atoms with Crippen molar-refractivity contribution >= 4 is 39.9 Å². The molecule has 0 heterocycles. The van der Waals surface area contributed by atoms with Crippen LogP contribution < -0.4 is 5.32 Å². The first-order valence-corrected chi connectivity index (χ1v) is 6.92. The van der Waals surface area contributed by atoms with Gasteiger partial charge in [-0.25, -0.2) is 4.39 Å². The normalized spacial score (nSPS) is 12.2. The van der Waals surface area contributed by atoms with Crippen molar-refractivity contribution in [2.24, 2.45) is 11.8 Å². The summed E-state index contributed by atoms with van der Waals surface area (Å²) in [6.45, 7) is 3.47. The number of carboxylic acid groups (broad SMARTS) is 1. The van der Waals surface area contributed by atoms with Crippen molar-refractivity contribution in [3.05, 3.63) is 31.6 Å². The number of nitro benzene ring substituents is 1. The van der Waals surface area contributed by atoms with E-state index in [1.54, 1.807) is 36.4 Å². The molecule has 0 aromatic heterocycles. The Kier molecular flexibility index (Phi) is 5.66. The summed E-state index contributed by atoms with van der Waals surface area (Å²) in [5.41, 5.74) is -0.288. The van der Waals surface area contributed by atoms with E-state index in [0.29, 0.717) is 0 Å². The molecule has 0 saturated carbocycles. The van der Waals surface area contributed by atoms with Crippen LogP contribution in [0.4, 0.5) is 15.8 Å². The molecule has 1 aromatic carbocycles. The quantitative estimate of drug-likeness (QED) is 0.438. The van der Waals surface area contributed by atoms with Crippen LogP contribution in [0.25, 0.3) is 0 Å². The highest BCUT2D eigenvalue weighted by Gasteiger charge is 2.23. The van der Waals surface area contributed by atoms with Crippen LogP contribution >= 0.6 is 22.6 Å². The van der Waals surface area contributed by atoms with E-state index < -0.39 is 22.6 Å². The molecular formula is C12H14FIN2O4. The Labute approximate surface area is 128 Å². The maximum absolute atomic E-state index is 13.5. The van der Waals surface area contributed by atoms with Gasteiger partial charge in [0, 0.05) is 18.7 Å². The molecule has 1 unspecified atom stereocenters. The SMILES string of the molecule is CC(C)C(CNc1cc(F)c(I)cc1[N+](=O)[O-])C(=O)O. The lowest BCUT2D eigenvalue weighted by Crippen LogP contribution is -2.27. The zero-order valence-corrected chi connectivity index (χ0v) is 13.0. The number of hydrogen-bond donors (Lipinski definition) is 2. The smallest absolute Gasteiger partial charge is 0.308 e. The molecule has 1 aromatic rings. The predicted octanol–water partition coefficient (Wildman–Crippen LogP) is 3.11. The molecule has 20 heavy (non-hydrogen) atoms. The minimum absolute atomic E-state index is 0.00608. The number of nitrogens with one attached hydrogen (secondary N) is 1. The Morgan fingerprint density at radius 1 is 1.55 bits per heavy atom. The first kappa shape index (κ1) is 16.6. The minimum atomic E-state index is -0.999. The van der Waals surface area contributed by atoms with Gasteiger partial charge >= 0.3 is 5.97 Å². The van der Waals surface area contributed by atoms with Crippen molar-refractivity contribution in [1.29, 1.82) is 0 Å². The third kappa shape index (κ3) is 4.02. The van der Waals surface area contributed by atoms with Crippen LogP contribution in [0.5, 0.6) is 0 Å². The summed E-state index contributed by atoms with van der Waals surface area (Å²) in [4.78, 5) is 21.3. The lowest BCUT2D eigenvalue weighted by atomic mass is 9.96. The maximum atomic E-state index is 13.5. The van der Waals surface area contributed by atoms with Crippen LogP contribution in [0.3, 0.4) is 0 Å². The zero-order valence-electron chi connectivity index (χ0n) is 10.9. The van der Waals surface area contributed by atoms with E-state index in [2.05, 4.69) is 5.32 Å². The maximum Gasteiger partial charge on any atom is 0.308 e. The van der Waals surface area contributed by atoms with Crippen LogP contribution in [0.2, 0.25) is 0 Å². The first-order chi connectivity index (χ1) is 9.23. The number of nitro groups is 1. The lowest BCUT2D eigenvalue weighted by Gasteiger charge is -2.17. The van der Waals surface area contributed by atoms with Crippen molar-refractivity contribution in [1.82, 2.24) is 0 Å². The molecule has 1 rings (SSSR count). The molecule has 0 aliphatic carbocycles. The molecule has 0 amide bonds. The number of rotatable bonds is 6. The van der Waals surface area contributed by atoms with Gasteiger partial charge < -0.3 is 10.4 Å². The monoisotopic (exact) mass is 396 g/mol. The standard InChI is InChI=1S/C12H14FIN2O4/c1-6(2)7(12(17)18)5-15-10-3-8(13)9(14)4-11(10)16(19)20/h3-4,6-7,15H,5H2,1-2H3,(H,17,18). The highest BCUT2D eigenvalue weighted by Crippen LogP contribution is 2.29. The molecule has 110 valence electrons. The molecule has 0 aliphatic heterocycles. The fraction of sp³-hybridized carbons (Fsp3) is 0.417. The van der Waals surface area contributed by atoms with Gasteiger partial charge in [-0.05, 0) is 28.5 Å². The van der Waals surface area contributed by atoms with Crippen LogP contribution in [0, 0.1) is 31.3 Å². The van der Waals surface area contributed by atoms with E-state index in [-0.39, 0.29) is 27.4 Å². The molecule has 0 radical (unpaired) electrons. The van der Waals surface area contributed by atoms with Crippen molar-refractivity contribution < 1.29 is 19.2 Å². The lowest BCUT2D eigenvalue weighted by molar-refractivity contribution is -0.384. The fourth-order valence-electron chi connectivity index (χ4n) is 1.66. The topological polar surface area (TPSA) is 92.5 Å². The van der Waals surface area contributed by atoms with E-state index in [9.17, 15) is 19.3 Å². The minimum Gasteiger partial charge on any atom is -0.481 e. The zero-order chi connectivity index (χ0) is 15.4. The molecule has 8 heteroatoms. The Hall–Kier alpha value is -1.45. The number of aliphatic carboxylic acids is 1. The second-order valence-electron chi connectivity index (χ2n) is 4.61. The molecular weight excluding hydrogens is 382 g/mol. The molecule has 0 bridgehead atoms. The molecule has 0 spiro atoms. The summed E-state index contributed by atoms with van der Waals surface area (Å²) < 4.78 is 13.6. The summed E-state index contributed by atoms with van der Waals surface area (Å²) in [5, 5.41) is 22.6. The van der Waals surface area contributed by atoms with E-state index >= 15 is 0 Å². The van der Waals surface area contributed by atoms with Gasteiger partial charge in [-0.1, -0.05) is 13.8 Å². The summed E-state index contributed by atoms with van der Waals surface area (Å²) in [5.74, 6) is -2.44. The summed E-state index contributed by atoms with van der Waals surface area (Å²) in [7, 11) is 0. The van der Waals surface area contributed by atoms with E-state index in [0.717, 1.165) is 12.1 Å². The van der Waals surface area contributed by atoms with Gasteiger partial charge in [0.25, 0.3) is 5.69 Å². The van der Waals surface area contributed by atoms with Crippen molar-refractivity contribution in [2.75, 3.05) is 11.9 Å². The third-order valence-corrected chi connectivity index (χ3v) is 3.70. The van der Waals surface area contributed by atoms with Crippen molar-refractivity contribution in [2.45, 2.75) is 13.8 Å². The Morgan fingerprint density at radius 3 is 2.60 bits per heavy atom. The van der Waals surface area contributed by atoms with Crippen LogP contribution in [-0.4, -0.2) is 22.5 Å². The van der Waals surface area contributed by atoms with Gasteiger partial charge in [0.1, 0.15) is 11.5 Å². The van der Waals surface area contributed by atoms with E-state index in [1.807, 2.05) is 0 Å². The number of carboxylic acids is 1. The second-order valence-corrected chi connectivity index (χ2v) is 5.77. The molecule has 0 saturated heterocycles. The molecule has 0 aliphatic rings. The Bertz CT molecular complexity index is 536. The first-order valence-electron chi connectivity index (χ1n) is 5.84. The Balaban J connectivity index is 3.00. The van der Waals surface area contributed by atoms with E-state index in [4.69, 9.17) is 5.11 Å². The number of halogens is 2. The van der Waals surface area contributed by atoms with Gasteiger partial charge in [0.15, 0.2) is 0 Å². The van der Waals surface area contributed by atoms with Crippen LogP contribution in [0.15, 0.2) is 12.1 Å². The van der Waals surface area contributed by atoms with Gasteiger partial charge in [-0.3, -0.25) is 14.9 Å². The fourth-order valence-corrected chi connectivity index (χ4v) is 2.11. The molecule has 6 nitrogen and oxygen atoms in total. The third-order valence-electron chi connectivity index (χ3n) is 2.87. The van der Waals surface area contributed by atoms with E-state index in [1.165, 1.54) is 0 Å². The van der Waals surface area contributed by atoms with Gasteiger partial charge in [0.2, 0.25) is 0 Å². The molecule has 1 atom stereocenters. The number of benzene rings is 1. The van der Waals surface area contributed by atoms with Crippen molar-refractivity contribution in [3.8, 4) is 0 Å². The average molecular weight is 396 g/mol. The van der Waals surface area contributed by atoms with Gasteiger partial charge in [-0.15, -0.1) is 0 Å². The average Bonchev–Trinajstić information content (AvgIpc) is 2.32. The van der Waals surface area contributed by atoms with Crippen molar-refractivity contribution in [3.63, 3.8) is 0 Å². The summed E-state index contributed by atoms with van der Waals surface area (Å²) >= 11 is 1.66. The van der Waals surface area contributed by atoms with Crippen LogP contribution in [-0.2, 0) is 4.79 Å². The highest BCUT2D eigenvalue weighted by molar-refractivity contribution is 14.1. The largest absolute Gasteiger partial charge is 0.481 e. The van der Waals surface area contributed by atoms with Gasteiger partial charge in [-0.2, -0.15) is 0 Å². The number of carbonyl (C=O) groups is 1. The Morgan fingerprint density at radius 2 is 2.15 bits per heavy atom. The number of anilines is 1. The molecule has 0 fully saturated rings. The molecule has 2 N–H and O–H groups in total. The summed E-state index contributed by atoms with van der Waals surface area (Å²) in [6.07, 6.45) is 0. The van der Waals surface area contributed by atoms with Crippen LogP contribution in [0.1, 0.15) is 13.8 Å². The summed E-state index contributed by atoms with van der Waals surface area (Å²) in [6, 6.07) is 2.13. The number of nitrogens with zero attached hydrogens (tertiary/aromatic N) is 1. The predicted molar refractivity (Wildman–Crippen MR) is 80.2 cm³/mol. The number of hydrogen-bond acceptors (Lipinski definition) is 4. The van der Waals surface area contributed by atoms with Gasteiger partial charge in [0.05, 0.1) is 14.4 Å².